The van der Waals surface area contributed by atoms with Crippen LogP contribution in [-0.2, 0) is 11.3 Å². The lowest BCUT2D eigenvalue weighted by atomic mass is 9.75. The number of fused-ring (bicyclic) bond motifs is 2. The Balaban J connectivity index is 1.42. The first-order valence-corrected chi connectivity index (χ1v) is 9.80. The highest BCUT2D eigenvalue weighted by Gasteiger charge is 2.54. The summed E-state index contributed by atoms with van der Waals surface area (Å²) in [5.41, 5.74) is 0.649. The lowest BCUT2D eigenvalue weighted by Crippen LogP contribution is -2.60. The van der Waals surface area contributed by atoms with Crippen LogP contribution in [0.15, 0.2) is 24.5 Å². The molecule has 4 saturated heterocycles. The number of carbonyl (C=O) groups excluding carboxylic acids is 1. The normalized spacial score (nSPS) is 31.2. The zero-order valence-electron chi connectivity index (χ0n) is 15.4. The van der Waals surface area contributed by atoms with Crippen LogP contribution in [0.4, 0.5) is 8.78 Å². The Bertz CT molecular complexity index is 847. The van der Waals surface area contributed by atoms with Gasteiger partial charge in [-0.05, 0) is 60.0 Å². The van der Waals surface area contributed by atoms with Crippen LogP contribution in [0.3, 0.4) is 0 Å². The molecule has 148 valence electrons. The Labute approximate surface area is 161 Å². The van der Waals surface area contributed by atoms with Crippen molar-refractivity contribution >= 4 is 5.91 Å². The maximum atomic E-state index is 13.9. The molecule has 9 heteroatoms. The number of rotatable bonds is 4. The van der Waals surface area contributed by atoms with Crippen molar-refractivity contribution in [3.05, 3.63) is 41.7 Å². The minimum atomic E-state index is -0.564. The Hall–Kier alpha value is -2.42. The van der Waals surface area contributed by atoms with E-state index in [1.54, 1.807) is 4.68 Å². The molecule has 4 aliphatic heterocycles. The molecule has 3 atom stereocenters. The molecule has 0 unspecified atom stereocenters. The molecule has 7 nitrogen and oxygen atoms in total. The van der Waals surface area contributed by atoms with E-state index in [0.29, 0.717) is 31.0 Å². The van der Waals surface area contributed by atoms with Gasteiger partial charge in [-0.3, -0.25) is 9.69 Å². The van der Waals surface area contributed by atoms with E-state index in [9.17, 15) is 13.6 Å². The summed E-state index contributed by atoms with van der Waals surface area (Å²) in [7, 11) is 0. The molecule has 6 rings (SSSR count). The topological polar surface area (TPSA) is 67.2 Å². The first-order valence-electron chi connectivity index (χ1n) is 9.80. The van der Waals surface area contributed by atoms with E-state index in [1.807, 2.05) is 4.90 Å². The Kier molecular flexibility index (Phi) is 4.34. The summed E-state index contributed by atoms with van der Waals surface area (Å²) in [5, 5.41) is 11.0. The van der Waals surface area contributed by atoms with Crippen molar-refractivity contribution in [3.63, 3.8) is 0 Å². The number of hydrogen-bond acceptors (Lipinski definition) is 5. The first kappa shape index (κ1) is 17.7. The number of aryl methyl sites for hydroxylation is 1. The van der Waals surface area contributed by atoms with E-state index >= 15 is 0 Å². The molecule has 4 fully saturated rings. The zero-order chi connectivity index (χ0) is 19.3. The van der Waals surface area contributed by atoms with Crippen LogP contribution in [0.5, 0.6) is 0 Å². The third kappa shape index (κ3) is 2.97. The minimum Gasteiger partial charge on any atom is -0.337 e. The standard InChI is InChI=1S/C19H22F2N6O/c20-14-7-13(8-15(21)9-14)16-10-27(17(28)3-6-26-11-22-23-24-26)18-12-1-4-25(5-2-12)19(16)18/h7-9,11-12,16,18-19H,1-6,10H2/t16-,18+,19+/m1/s1. The van der Waals surface area contributed by atoms with Gasteiger partial charge in [0.1, 0.15) is 18.0 Å². The molecule has 0 aliphatic carbocycles. The molecule has 1 aromatic heterocycles. The maximum absolute atomic E-state index is 13.9. The molecular formula is C19H22F2N6O. The van der Waals surface area contributed by atoms with Crippen LogP contribution >= 0.6 is 0 Å². The number of aromatic nitrogens is 4. The van der Waals surface area contributed by atoms with Gasteiger partial charge in [-0.25, -0.2) is 13.5 Å². The van der Waals surface area contributed by atoms with Crippen molar-refractivity contribution in [1.82, 2.24) is 30.0 Å². The van der Waals surface area contributed by atoms with E-state index in [-0.39, 0.29) is 23.9 Å². The van der Waals surface area contributed by atoms with Crippen molar-refractivity contribution in [2.45, 2.75) is 43.8 Å². The highest BCUT2D eigenvalue weighted by Crippen LogP contribution is 2.46. The molecule has 0 N–H and O–H groups in total. The fourth-order valence-electron chi connectivity index (χ4n) is 5.42. The lowest BCUT2D eigenvalue weighted by molar-refractivity contribution is -0.136. The van der Waals surface area contributed by atoms with Gasteiger partial charge in [-0.1, -0.05) is 0 Å². The SMILES string of the molecule is O=C(CCn1cnnn1)N1C[C@H](c2cc(F)cc(F)c2)[C@H]2[C@@H]1C1CCN2CC1. The number of carbonyl (C=O) groups is 1. The number of amides is 1. The van der Waals surface area contributed by atoms with Gasteiger partial charge in [-0.2, -0.15) is 0 Å². The van der Waals surface area contributed by atoms with Crippen LogP contribution in [0.2, 0.25) is 0 Å². The summed E-state index contributed by atoms with van der Waals surface area (Å²) in [5.74, 6) is -0.693. The van der Waals surface area contributed by atoms with Crippen LogP contribution in [0.1, 0.15) is 30.7 Å². The molecule has 2 bridgehead atoms. The predicted octanol–water partition coefficient (Wildman–Crippen LogP) is 1.43. The average Bonchev–Trinajstić information content (AvgIpc) is 3.35. The van der Waals surface area contributed by atoms with Gasteiger partial charge in [0.25, 0.3) is 0 Å². The summed E-state index contributed by atoms with van der Waals surface area (Å²) in [6.45, 7) is 2.91. The smallest absolute Gasteiger partial charge is 0.224 e. The van der Waals surface area contributed by atoms with E-state index in [1.165, 1.54) is 18.5 Å². The van der Waals surface area contributed by atoms with Crippen LogP contribution < -0.4 is 0 Å². The van der Waals surface area contributed by atoms with Gasteiger partial charge in [-0.15, -0.1) is 5.10 Å². The molecule has 0 spiro atoms. The van der Waals surface area contributed by atoms with Crippen LogP contribution in [-0.4, -0.2) is 67.6 Å². The van der Waals surface area contributed by atoms with Gasteiger partial charge in [0.2, 0.25) is 5.91 Å². The molecule has 2 aromatic rings. The summed E-state index contributed by atoms with van der Waals surface area (Å²) in [6, 6.07) is 3.98. The monoisotopic (exact) mass is 388 g/mol. The second-order valence-corrected chi connectivity index (χ2v) is 8.03. The van der Waals surface area contributed by atoms with E-state index in [2.05, 4.69) is 20.4 Å². The average molecular weight is 388 g/mol. The van der Waals surface area contributed by atoms with Crippen molar-refractivity contribution in [3.8, 4) is 0 Å². The number of piperidine rings is 3. The van der Waals surface area contributed by atoms with E-state index in [4.69, 9.17) is 0 Å². The maximum Gasteiger partial charge on any atom is 0.224 e. The molecule has 28 heavy (non-hydrogen) atoms. The van der Waals surface area contributed by atoms with Gasteiger partial charge in [0.05, 0.1) is 12.6 Å². The van der Waals surface area contributed by atoms with Gasteiger partial charge < -0.3 is 4.90 Å². The molecule has 1 aromatic carbocycles. The number of benzene rings is 1. The largest absolute Gasteiger partial charge is 0.337 e. The number of likely N-dealkylation sites (tertiary alicyclic amines) is 1. The summed E-state index contributed by atoms with van der Waals surface area (Å²) < 4.78 is 29.3. The third-order valence-corrected chi connectivity index (χ3v) is 6.57. The Morgan fingerprint density at radius 2 is 1.86 bits per heavy atom. The second-order valence-electron chi connectivity index (χ2n) is 8.03. The van der Waals surface area contributed by atoms with Crippen LogP contribution in [0.25, 0.3) is 0 Å². The molecule has 0 saturated carbocycles. The molecule has 5 heterocycles. The first-order chi connectivity index (χ1) is 13.6. The van der Waals surface area contributed by atoms with Crippen molar-refractivity contribution in [2.24, 2.45) is 5.92 Å². The number of nitrogens with zero attached hydrogens (tertiary/aromatic N) is 6. The molecular weight excluding hydrogens is 366 g/mol. The minimum absolute atomic E-state index is 0.0543. The Morgan fingerprint density at radius 1 is 1.11 bits per heavy atom. The van der Waals surface area contributed by atoms with Gasteiger partial charge >= 0.3 is 0 Å². The number of halogens is 2. The molecule has 1 amide bonds. The van der Waals surface area contributed by atoms with Gasteiger partial charge in [0.15, 0.2) is 0 Å². The molecule has 0 radical (unpaired) electrons. The predicted molar refractivity (Wildman–Crippen MR) is 95.1 cm³/mol. The number of tetrazole rings is 1. The fraction of sp³-hybridized carbons (Fsp3) is 0.579. The fourth-order valence-corrected chi connectivity index (χ4v) is 5.42. The van der Waals surface area contributed by atoms with E-state index < -0.39 is 11.6 Å². The highest BCUT2D eigenvalue weighted by molar-refractivity contribution is 5.77. The summed E-state index contributed by atoms with van der Waals surface area (Å²) in [6.07, 6.45) is 3.95. The highest BCUT2D eigenvalue weighted by atomic mass is 19.1. The zero-order valence-corrected chi connectivity index (χ0v) is 15.4. The van der Waals surface area contributed by atoms with Crippen molar-refractivity contribution in [2.75, 3.05) is 19.6 Å². The van der Waals surface area contributed by atoms with Crippen LogP contribution in [0, 0.1) is 17.6 Å². The second kappa shape index (κ2) is 6.88. The van der Waals surface area contributed by atoms with Crippen molar-refractivity contribution < 1.29 is 13.6 Å². The molecule has 4 aliphatic rings. The quantitative estimate of drug-likeness (QED) is 0.793. The third-order valence-electron chi connectivity index (χ3n) is 6.57. The van der Waals surface area contributed by atoms with Gasteiger partial charge in [0, 0.05) is 31.0 Å². The van der Waals surface area contributed by atoms with Crippen molar-refractivity contribution in [1.29, 1.82) is 0 Å². The lowest BCUT2D eigenvalue weighted by Gasteiger charge is -2.51. The summed E-state index contributed by atoms with van der Waals surface area (Å²) >= 11 is 0. The summed E-state index contributed by atoms with van der Waals surface area (Å²) in [4.78, 5) is 17.4. The van der Waals surface area contributed by atoms with E-state index in [0.717, 1.165) is 32.0 Å². The number of hydrogen-bond donors (Lipinski definition) is 0. The Morgan fingerprint density at radius 3 is 2.54 bits per heavy atom.